The Morgan fingerprint density at radius 1 is 1.33 bits per heavy atom. The zero-order chi connectivity index (χ0) is 19.6. The number of hydrogen-bond acceptors (Lipinski definition) is 6. The van der Waals surface area contributed by atoms with Gasteiger partial charge in [0.25, 0.3) is 0 Å². The van der Waals surface area contributed by atoms with Gasteiger partial charge in [-0.3, -0.25) is 0 Å². The quantitative estimate of drug-likeness (QED) is 0.598. The molecule has 0 fully saturated rings. The lowest BCUT2D eigenvalue weighted by Gasteiger charge is -2.21. The van der Waals surface area contributed by atoms with Gasteiger partial charge in [-0.25, -0.2) is 9.78 Å². The Kier molecular flexibility index (Phi) is 5.36. The number of hydrogen-bond donors (Lipinski definition) is 3. The predicted molar refractivity (Wildman–Crippen MR) is 108 cm³/mol. The first-order valence-electron chi connectivity index (χ1n) is 8.85. The predicted octanol–water partition coefficient (Wildman–Crippen LogP) is 4.53. The van der Waals surface area contributed by atoms with Crippen LogP contribution in [0.25, 0.3) is 10.9 Å². The van der Waals surface area contributed by atoms with Crippen LogP contribution in [-0.4, -0.2) is 26.0 Å². The van der Waals surface area contributed by atoms with Crippen molar-refractivity contribution in [3.8, 4) is 0 Å². The zero-order valence-corrected chi connectivity index (χ0v) is 17.0. The average molecular weight is 388 g/mol. The number of fused-ring (bicyclic) bond motifs is 1. The van der Waals surface area contributed by atoms with E-state index in [1.165, 1.54) is 11.5 Å². The Hall–Kier alpha value is -2.61. The van der Waals surface area contributed by atoms with Gasteiger partial charge in [0, 0.05) is 34.7 Å². The molecule has 0 bridgehead atoms. The monoisotopic (exact) mass is 387 g/mol. The minimum absolute atomic E-state index is 0.182. The first kappa shape index (κ1) is 19.2. The molecule has 0 aliphatic rings. The van der Waals surface area contributed by atoms with Crippen LogP contribution in [0.2, 0.25) is 0 Å². The van der Waals surface area contributed by atoms with Crippen molar-refractivity contribution in [2.45, 2.75) is 52.8 Å². The van der Waals surface area contributed by atoms with Crippen LogP contribution in [0.4, 0.5) is 9.93 Å². The molecule has 1 amide bonds. The van der Waals surface area contributed by atoms with Gasteiger partial charge in [-0.15, -0.1) is 0 Å². The van der Waals surface area contributed by atoms with Gasteiger partial charge in [0.2, 0.25) is 5.13 Å². The van der Waals surface area contributed by atoms with E-state index in [9.17, 15) is 4.79 Å². The summed E-state index contributed by atoms with van der Waals surface area (Å²) in [6, 6.07) is 8.10. The molecule has 2 heterocycles. The van der Waals surface area contributed by atoms with Crippen LogP contribution in [0.15, 0.2) is 24.3 Å². The molecule has 3 aromatic rings. The highest BCUT2D eigenvalue weighted by Gasteiger charge is 2.19. The van der Waals surface area contributed by atoms with Crippen LogP contribution in [-0.2, 0) is 11.3 Å². The van der Waals surface area contributed by atoms with Crippen molar-refractivity contribution >= 4 is 33.7 Å². The third-order valence-electron chi connectivity index (χ3n) is 3.88. The molecule has 1 aromatic carbocycles. The van der Waals surface area contributed by atoms with Crippen molar-refractivity contribution < 1.29 is 9.53 Å². The lowest BCUT2D eigenvalue weighted by molar-refractivity contribution is 0.0507. The third-order valence-corrected chi connectivity index (χ3v) is 4.64. The van der Waals surface area contributed by atoms with E-state index in [4.69, 9.17) is 4.74 Å². The van der Waals surface area contributed by atoms with E-state index in [1.54, 1.807) is 0 Å². The number of nitrogens with zero attached hydrogens (tertiary/aromatic N) is 2. The molecule has 27 heavy (non-hydrogen) atoms. The maximum absolute atomic E-state index is 12.0. The summed E-state index contributed by atoms with van der Waals surface area (Å²) in [6.45, 7) is 10.0. The summed E-state index contributed by atoms with van der Waals surface area (Å²) >= 11 is 1.36. The highest BCUT2D eigenvalue weighted by Crippen LogP contribution is 2.22. The minimum Gasteiger partial charge on any atom is -0.444 e. The molecule has 1 atom stereocenters. The molecule has 0 spiro atoms. The van der Waals surface area contributed by atoms with Crippen molar-refractivity contribution in [1.82, 2.24) is 19.7 Å². The third kappa shape index (κ3) is 5.19. The Morgan fingerprint density at radius 2 is 2.11 bits per heavy atom. The Morgan fingerprint density at radius 3 is 2.78 bits per heavy atom. The van der Waals surface area contributed by atoms with Gasteiger partial charge in [0.15, 0.2) is 0 Å². The summed E-state index contributed by atoms with van der Waals surface area (Å²) in [5, 5.41) is 8.05. The number of alkyl carbamates (subject to hydrolysis) is 1. The second-order valence-electron chi connectivity index (χ2n) is 7.51. The van der Waals surface area contributed by atoms with Crippen molar-refractivity contribution in [2.75, 3.05) is 5.32 Å². The molecular formula is C19H25N5O2S. The smallest absolute Gasteiger partial charge is 0.408 e. The number of carbonyl (C=O) groups is 1. The number of ether oxygens (including phenoxy) is 1. The fourth-order valence-electron chi connectivity index (χ4n) is 2.66. The Labute approximate surface area is 162 Å². The van der Waals surface area contributed by atoms with Gasteiger partial charge >= 0.3 is 6.09 Å². The molecule has 0 aliphatic heterocycles. The number of anilines is 1. The number of benzene rings is 1. The number of H-pyrrole nitrogens is 1. The van der Waals surface area contributed by atoms with Crippen LogP contribution in [0.5, 0.6) is 0 Å². The number of nitrogens with one attached hydrogen (secondary N) is 3. The van der Waals surface area contributed by atoms with Crippen molar-refractivity contribution in [3.05, 3.63) is 41.3 Å². The fraction of sp³-hybridized carbons (Fsp3) is 0.421. The largest absolute Gasteiger partial charge is 0.444 e. The number of aromatic amines is 1. The molecule has 3 rings (SSSR count). The van der Waals surface area contributed by atoms with E-state index in [0.717, 1.165) is 33.1 Å². The van der Waals surface area contributed by atoms with Crippen LogP contribution >= 0.6 is 11.5 Å². The van der Waals surface area contributed by atoms with Crippen LogP contribution in [0.3, 0.4) is 0 Å². The standard InChI is InChI=1S/C19H25N5O2S/c1-11(21-18(25)26-19(3,4)5)16-9-14-8-13(6-7-15(14)23-16)10-20-17-22-12(2)24-27-17/h6-9,11,23H,10H2,1-5H3,(H,21,25)(H,20,22,24). The summed E-state index contributed by atoms with van der Waals surface area (Å²) in [4.78, 5) is 19.6. The van der Waals surface area contributed by atoms with Gasteiger partial charge < -0.3 is 20.4 Å². The van der Waals surface area contributed by atoms with E-state index in [2.05, 4.69) is 43.2 Å². The van der Waals surface area contributed by atoms with E-state index < -0.39 is 11.7 Å². The Balaban J connectivity index is 1.66. The first-order chi connectivity index (χ1) is 12.7. The SMILES string of the molecule is Cc1nsc(NCc2ccc3[nH]c(C(C)NC(=O)OC(C)(C)C)cc3c2)n1. The van der Waals surface area contributed by atoms with Crippen molar-refractivity contribution in [2.24, 2.45) is 0 Å². The van der Waals surface area contributed by atoms with Gasteiger partial charge in [-0.1, -0.05) is 6.07 Å². The molecule has 7 nitrogen and oxygen atoms in total. The molecule has 1 unspecified atom stereocenters. The Bertz CT molecular complexity index is 941. The summed E-state index contributed by atoms with van der Waals surface area (Å²) in [5.41, 5.74) is 2.59. The van der Waals surface area contributed by atoms with Crippen LogP contribution in [0, 0.1) is 6.92 Å². The second-order valence-corrected chi connectivity index (χ2v) is 8.27. The normalized spacial score (nSPS) is 12.8. The van der Waals surface area contributed by atoms with Crippen molar-refractivity contribution in [3.63, 3.8) is 0 Å². The number of amides is 1. The highest BCUT2D eigenvalue weighted by atomic mass is 32.1. The molecule has 3 N–H and O–H groups in total. The molecular weight excluding hydrogens is 362 g/mol. The minimum atomic E-state index is -0.516. The van der Waals surface area contributed by atoms with E-state index in [0.29, 0.717) is 6.54 Å². The average Bonchev–Trinajstić information content (AvgIpc) is 3.16. The fourth-order valence-corrected chi connectivity index (χ4v) is 3.23. The van der Waals surface area contributed by atoms with E-state index >= 15 is 0 Å². The molecule has 0 saturated heterocycles. The maximum Gasteiger partial charge on any atom is 0.408 e. The van der Waals surface area contributed by atoms with Gasteiger partial charge in [-0.05, 0) is 58.4 Å². The summed E-state index contributed by atoms with van der Waals surface area (Å²) in [5.74, 6) is 0.778. The van der Waals surface area contributed by atoms with Gasteiger partial charge in [0.1, 0.15) is 11.4 Å². The molecule has 2 aromatic heterocycles. The van der Waals surface area contributed by atoms with E-state index in [1.807, 2.05) is 40.7 Å². The number of aryl methyl sites for hydroxylation is 1. The second kappa shape index (κ2) is 7.56. The topological polar surface area (TPSA) is 91.9 Å². The zero-order valence-electron chi connectivity index (χ0n) is 16.2. The van der Waals surface area contributed by atoms with Gasteiger partial charge in [0.05, 0.1) is 6.04 Å². The summed E-state index contributed by atoms with van der Waals surface area (Å²) in [6.07, 6.45) is -0.425. The molecule has 0 saturated carbocycles. The maximum atomic E-state index is 12.0. The van der Waals surface area contributed by atoms with Crippen LogP contribution in [0.1, 0.15) is 50.8 Å². The van der Waals surface area contributed by atoms with Crippen LogP contribution < -0.4 is 10.6 Å². The molecule has 144 valence electrons. The van der Waals surface area contributed by atoms with Crippen molar-refractivity contribution in [1.29, 1.82) is 0 Å². The molecule has 8 heteroatoms. The number of carbonyl (C=O) groups excluding carboxylic acids is 1. The summed E-state index contributed by atoms with van der Waals surface area (Å²) in [7, 11) is 0. The summed E-state index contributed by atoms with van der Waals surface area (Å²) < 4.78 is 9.48. The molecule has 0 aliphatic carbocycles. The number of rotatable bonds is 5. The number of aromatic nitrogens is 3. The lowest BCUT2D eigenvalue weighted by Crippen LogP contribution is -2.34. The highest BCUT2D eigenvalue weighted by molar-refractivity contribution is 7.09. The lowest BCUT2D eigenvalue weighted by atomic mass is 10.1. The molecule has 0 radical (unpaired) electrons. The first-order valence-corrected chi connectivity index (χ1v) is 9.62. The van der Waals surface area contributed by atoms with Gasteiger partial charge in [-0.2, -0.15) is 4.37 Å². The van der Waals surface area contributed by atoms with E-state index in [-0.39, 0.29) is 6.04 Å².